The fourth-order valence-corrected chi connectivity index (χ4v) is 3.31. The highest BCUT2D eigenvalue weighted by atomic mass is 19.1. The first-order valence-corrected chi connectivity index (χ1v) is 7.75. The molecule has 1 fully saturated rings. The number of hydrogen-bond acceptors (Lipinski definition) is 2. The van der Waals surface area contributed by atoms with Crippen molar-refractivity contribution in [3.63, 3.8) is 0 Å². The standard InChI is InChI=1S/C17H27FN2/c1-6-14-8-7-12(3)20(14)17-9-11(2)16(18)10-15(17)13(4)19-5/h9-10,12-14,19H,6-8H2,1-5H3. The molecule has 1 saturated heterocycles. The van der Waals surface area contributed by atoms with Gasteiger partial charge in [0, 0.05) is 23.8 Å². The third-order valence-corrected chi connectivity index (χ3v) is 4.74. The molecule has 3 unspecified atom stereocenters. The van der Waals surface area contributed by atoms with Crippen LogP contribution in [0.5, 0.6) is 0 Å². The molecule has 0 radical (unpaired) electrons. The van der Waals surface area contributed by atoms with Gasteiger partial charge in [-0.15, -0.1) is 0 Å². The first kappa shape index (κ1) is 15.3. The van der Waals surface area contributed by atoms with Crippen LogP contribution in [-0.4, -0.2) is 19.1 Å². The van der Waals surface area contributed by atoms with Gasteiger partial charge < -0.3 is 10.2 Å². The molecule has 112 valence electrons. The summed E-state index contributed by atoms with van der Waals surface area (Å²) in [5.74, 6) is -0.106. The smallest absolute Gasteiger partial charge is 0.126 e. The van der Waals surface area contributed by atoms with E-state index in [0.29, 0.717) is 12.1 Å². The Labute approximate surface area is 122 Å². The predicted octanol–water partition coefficient (Wildman–Crippen LogP) is 4.18. The molecule has 0 aliphatic carbocycles. The Balaban J connectivity index is 2.51. The van der Waals surface area contributed by atoms with E-state index in [-0.39, 0.29) is 11.9 Å². The number of anilines is 1. The lowest BCUT2D eigenvalue weighted by atomic mass is 10.0. The van der Waals surface area contributed by atoms with Crippen molar-refractivity contribution < 1.29 is 4.39 Å². The van der Waals surface area contributed by atoms with Gasteiger partial charge in [0.2, 0.25) is 0 Å². The van der Waals surface area contributed by atoms with Crippen LogP contribution in [0.4, 0.5) is 10.1 Å². The maximum atomic E-state index is 14.0. The molecule has 3 heteroatoms. The minimum atomic E-state index is -0.106. The van der Waals surface area contributed by atoms with Crippen LogP contribution in [0.25, 0.3) is 0 Å². The Bertz CT molecular complexity index is 472. The number of benzene rings is 1. The number of rotatable bonds is 4. The molecule has 0 amide bonds. The second-order valence-corrected chi connectivity index (χ2v) is 6.07. The summed E-state index contributed by atoms with van der Waals surface area (Å²) >= 11 is 0. The van der Waals surface area contributed by atoms with E-state index in [1.54, 1.807) is 6.07 Å². The molecule has 1 aliphatic rings. The van der Waals surface area contributed by atoms with Crippen molar-refractivity contribution in [1.82, 2.24) is 5.32 Å². The van der Waals surface area contributed by atoms with Gasteiger partial charge in [-0.2, -0.15) is 0 Å². The maximum Gasteiger partial charge on any atom is 0.126 e. The quantitative estimate of drug-likeness (QED) is 0.888. The minimum absolute atomic E-state index is 0.106. The van der Waals surface area contributed by atoms with Crippen LogP contribution in [0.15, 0.2) is 12.1 Å². The lowest BCUT2D eigenvalue weighted by molar-refractivity contribution is 0.586. The summed E-state index contributed by atoms with van der Waals surface area (Å²) in [6.07, 6.45) is 3.61. The van der Waals surface area contributed by atoms with E-state index in [0.717, 1.165) is 17.5 Å². The summed E-state index contributed by atoms with van der Waals surface area (Å²) in [5, 5.41) is 3.25. The van der Waals surface area contributed by atoms with Crippen molar-refractivity contribution in [1.29, 1.82) is 0 Å². The molecule has 2 nitrogen and oxygen atoms in total. The van der Waals surface area contributed by atoms with Gasteiger partial charge in [0.05, 0.1) is 0 Å². The fraction of sp³-hybridized carbons (Fsp3) is 0.647. The van der Waals surface area contributed by atoms with Gasteiger partial charge in [0.25, 0.3) is 0 Å². The molecule has 1 heterocycles. The highest BCUT2D eigenvalue weighted by Gasteiger charge is 2.31. The van der Waals surface area contributed by atoms with Crippen LogP contribution in [0.3, 0.4) is 0 Å². The summed E-state index contributed by atoms with van der Waals surface area (Å²) in [7, 11) is 1.93. The summed E-state index contributed by atoms with van der Waals surface area (Å²) in [5.41, 5.74) is 3.02. The van der Waals surface area contributed by atoms with E-state index < -0.39 is 0 Å². The highest BCUT2D eigenvalue weighted by Crippen LogP contribution is 2.37. The van der Waals surface area contributed by atoms with Gasteiger partial charge in [-0.3, -0.25) is 0 Å². The van der Waals surface area contributed by atoms with Crippen molar-refractivity contribution in [2.24, 2.45) is 0 Å². The van der Waals surface area contributed by atoms with Crippen LogP contribution in [0.2, 0.25) is 0 Å². The van der Waals surface area contributed by atoms with E-state index in [4.69, 9.17) is 0 Å². The Morgan fingerprint density at radius 3 is 2.70 bits per heavy atom. The molecule has 2 rings (SSSR count). The molecule has 1 N–H and O–H groups in total. The SMILES string of the molecule is CCC1CCC(C)N1c1cc(C)c(F)cc1C(C)NC. The Morgan fingerprint density at radius 2 is 2.10 bits per heavy atom. The highest BCUT2D eigenvalue weighted by molar-refractivity contribution is 5.59. The fourth-order valence-electron chi connectivity index (χ4n) is 3.31. The average Bonchev–Trinajstić information content (AvgIpc) is 2.81. The van der Waals surface area contributed by atoms with Crippen molar-refractivity contribution in [2.45, 2.75) is 65.1 Å². The molecule has 1 aromatic rings. The van der Waals surface area contributed by atoms with Crippen molar-refractivity contribution in [3.05, 3.63) is 29.1 Å². The molecule has 0 saturated carbocycles. The zero-order valence-electron chi connectivity index (χ0n) is 13.3. The second-order valence-electron chi connectivity index (χ2n) is 6.07. The van der Waals surface area contributed by atoms with Crippen LogP contribution in [0, 0.1) is 12.7 Å². The van der Waals surface area contributed by atoms with Gasteiger partial charge in [0.15, 0.2) is 0 Å². The van der Waals surface area contributed by atoms with Crippen molar-refractivity contribution in [2.75, 3.05) is 11.9 Å². The lowest BCUT2D eigenvalue weighted by Crippen LogP contribution is -2.35. The molecule has 20 heavy (non-hydrogen) atoms. The van der Waals surface area contributed by atoms with Crippen LogP contribution >= 0.6 is 0 Å². The van der Waals surface area contributed by atoms with Crippen LogP contribution in [-0.2, 0) is 0 Å². The Kier molecular flexibility index (Phi) is 4.69. The summed E-state index contributed by atoms with van der Waals surface area (Å²) in [6.45, 7) is 8.47. The zero-order valence-corrected chi connectivity index (χ0v) is 13.3. The summed E-state index contributed by atoms with van der Waals surface area (Å²) < 4.78 is 14.0. The minimum Gasteiger partial charge on any atom is -0.366 e. The monoisotopic (exact) mass is 278 g/mol. The van der Waals surface area contributed by atoms with Crippen molar-refractivity contribution in [3.8, 4) is 0 Å². The van der Waals surface area contributed by atoms with E-state index in [1.165, 1.54) is 18.5 Å². The van der Waals surface area contributed by atoms with E-state index in [2.05, 4.69) is 31.0 Å². The van der Waals surface area contributed by atoms with Gasteiger partial charge >= 0.3 is 0 Å². The third kappa shape index (κ3) is 2.69. The molecule has 0 bridgehead atoms. The summed E-state index contributed by atoms with van der Waals surface area (Å²) in [4.78, 5) is 2.51. The normalized spacial score (nSPS) is 24.2. The zero-order chi connectivity index (χ0) is 14.9. The van der Waals surface area contributed by atoms with Gasteiger partial charge in [0.1, 0.15) is 5.82 Å². The van der Waals surface area contributed by atoms with Crippen LogP contribution < -0.4 is 10.2 Å². The molecular weight excluding hydrogens is 251 g/mol. The molecule has 0 spiro atoms. The third-order valence-electron chi connectivity index (χ3n) is 4.74. The Hall–Kier alpha value is -1.09. The average molecular weight is 278 g/mol. The number of aryl methyl sites for hydroxylation is 1. The number of nitrogens with one attached hydrogen (secondary N) is 1. The van der Waals surface area contributed by atoms with Gasteiger partial charge in [-0.25, -0.2) is 4.39 Å². The molecule has 1 aromatic carbocycles. The topological polar surface area (TPSA) is 15.3 Å². The summed E-state index contributed by atoms with van der Waals surface area (Å²) in [6, 6.07) is 5.02. The van der Waals surface area contributed by atoms with E-state index in [9.17, 15) is 4.39 Å². The number of hydrogen-bond donors (Lipinski definition) is 1. The molecule has 3 atom stereocenters. The Morgan fingerprint density at radius 1 is 1.40 bits per heavy atom. The maximum absolute atomic E-state index is 14.0. The largest absolute Gasteiger partial charge is 0.366 e. The number of nitrogens with zero attached hydrogens (tertiary/aromatic N) is 1. The van der Waals surface area contributed by atoms with Gasteiger partial charge in [-0.05, 0) is 70.3 Å². The molecular formula is C17H27FN2. The first-order valence-electron chi connectivity index (χ1n) is 7.75. The second kappa shape index (κ2) is 6.13. The van der Waals surface area contributed by atoms with Gasteiger partial charge in [-0.1, -0.05) is 6.92 Å². The number of halogens is 1. The van der Waals surface area contributed by atoms with Crippen LogP contribution in [0.1, 0.15) is 57.2 Å². The van der Waals surface area contributed by atoms with Crippen molar-refractivity contribution >= 4 is 5.69 Å². The predicted molar refractivity (Wildman–Crippen MR) is 83.9 cm³/mol. The first-order chi connectivity index (χ1) is 9.49. The lowest BCUT2D eigenvalue weighted by Gasteiger charge is -2.34. The van der Waals surface area contributed by atoms with E-state index in [1.807, 2.05) is 20.0 Å². The molecule has 1 aliphatic heterocycles. The van der Waals surface area contributed by atoms with E-state index >= 15 is 0 Å². The molecule has 0 aromatic heterocycles.